The highest BCUT2D eigenvalue weighted by Crippen LogP contribution is 2.65. The minimum atomic E-state index is 0.551. The highest BCUT2D eigenvalue weighted by atomic mass is 16.3. The largest absolute Gasteiger partial charge is 0.448 e. The van der Waals surface area contributed by atoms with Gasteiger partial charge < -0.3 is 9.73 Å². The second kappa shape index (κ2) is 4.74. The number of benzene rings is 1. The molecule has 0 bridgehead atoms. The molecule has 0 spiro atoms. The maximum Gasteiger partial charge on any atom is 0.181 e. The zero-order chi connectivity index (χ0) is 13.5. The van der Waals surface area contributed by atoms with Gasteiger partial charge in [-0.2, -0.15) is 0 Å². The van der Waals surface area contributed by atoms with Crippen molar-refractivity contribution >= 4 is 0 Å². The van der Waals surface area contributed by atoms with E-state index < -0.39 is 0 Å². The summed E-state index contributed by atoms with van der Waals surface area (Å²) in [4.78, 5) is 4.40. The Hall–Kier alpha value is -1.61. The SMILES string of the molecule is CCNCc1ncoc1C1C2CCc3ccccc3C21. The van der Waals surface area contributed by atoms with Crippen LogP contribution in [0.1, 0.15) is 47.8 Å². The van der Waals surface area contributed by atoms with Crippen molar-refractivity contribution in [3.8, 4) is 0 Å². The summed E-state index contributed by atoms with van der Waals surface area (Å²) in [5.41, 5.74) is 4.17. The Labute approximate surface area is 119 Å². The topological polar surface area (TPSA) is 38.1 Å². The molecule has 1 aromatic carbocycles. The van der Waals surface area contributed by atoms with Crippen LogP contribution in [-0.4, -0.2) is 11.5 Å². The van der Waals surface area contributed by atoms with Gasteiger partial charge in [0, 0.05) is 12.5 Å². The molecule has 3 unspecified atom stereocenters. The molecule has 104 valence electrons. The summed E-state index contributed by atoms with van der Waals surface area (Å²) < 4.78 is 5.74. The molecule has 1 saturated carbocycles. The first kappa shape index (κ1) is 12.2. The maximum absolute atomic E-state index is 5.74. The van der Waals surface area contributed by atoms with E-state index in [2.05, 4.69) is 41.5 Å². The normalized spacial score (nSPS) is 26.9. The Balaban J connectivity index is 1.62. The molecule has 0 saturated heterocycles. The zero-order valence-corrected chi connectivity index (χ0v) is 11.8. The summed E-state index contributed by atoms with van der Waals surface area (Å²) in [6.45, 7) is 3.90. The molecule has 0 aliphatic heterocycles. The van der Waals surface area contributed by atoms with E-state index in [1.54, 1.807) is 12.0 Å². The summed E-state index contributed by atoms with van der Waals surface area (Å²) >= 11 is 0. The molecule has 2 aliphatic rings. The van der Waals surface area contributed by atoms with Crippen molar-refractivity contribution in [3.05, 3.63) is 53.2 Å². The van der Waals surface area contributed by atoms with Gasteiger partial charge in [0.2, 0.25) is 0 Å². The van der Waals surface area contributed by atoms with Gasteiger partial charge in [-0.05, 0) is 42.3 Å². The average Bonchev–Trinajstić information content (AvgIpc) is 3.05. The molecule has 0 amide bonds. The number of fused-ring (bicyclic) bond motifs is 3. The van der Waals surface area contributed by atoms with Crippen LogP contribution in [0.5, 0.6) is 0 Å². The third kappa shape index (κ3) is 1.80. The molecule has 3 heteroatoms. The highest BCUT2D eigenvalue weighted by molar-refractivity contribution is 5.44. The van der Waals surface area contributed by atoms with E-state index in [1.165, 1.54) is 18.4 Å². The molecule has 20 heavy (non-hydrogen) atoms. The first-order chi connectivity index (χ1) is 9.90. The molecule has 1 aromatic heterocycles. The molecule has 3 nitrogen and oxygen atoms in total. The third-order valence-electron chi connectivity index (χ3n) is 4.85. The Morgan fingerprint density at radius 3 is 3.10 bits per heavy atom. The molecule has 1 N–H and O–H groups in total. The molecule has 4 rings (SSSR count). The van der Waals surface area contributed by atoms with Crippen molar-refractivity contribution < 1.29 is 4.42 Å². The summed E-state index contributed by atoms with van der Waals surface area (Å²) in [7, 11) is 0. The summed E-state index contributed by atoms with van der Waals surface area (Å²) in [6.07, 6.45) is 4.11. The third-order valence-corrected chi connectivity index (χ3v) is 4.85. The number of hydrogen-bond acceptors (Lipinski definition) is 3. The van der Waals surface area contributed by atoms with E-state index >= 15 is 0 Å². The van der Waals surface area contributed by atoms with E-state index in [9.17, 15) is 0 Å². The molecule has 2 aromatic rings. The van der Waals surface area contributed by atoms with Gasteiger partial charge in [-0.1, -0.05) is 31.2 Å². The fourth-order valence-corrected chi connectivity index (χ4v) is 3.85. The van der Waals surface area contributed by atoms with Gasteiger partial charge >= 0.3 is 0 Å². The van der Waals surface area contributed by atoms with Crippen LogP contribution in [0.2, 0.25) is 0 Å². The number of hydrogen-bond donors (Lipinski definition) is 1. The Morgan fingerprint density at radius 1 is 1.30 bits per heavy atom. The van der Waals surface area contributed by atoms with Crippen molar-refractivity contribution in [2.24, 2.45) is 5.92 Å². The van der Waals surface area contributed by atoms with Gasteiger partial charge in [-0.15, -0.1) is 0 Å². The molecular weight excluding hydrogens is 248 g/mol. The van der Waals surface area contributed by atoms with Crippen LogP contribution in [0.4, 0.5) is 0 Å². The number of nitrogens with zero attached hydrogens (tertiary/aromatic N) is 1. The molecule has 2 aliphatic carbocycles. The maximum atomic E-state index is 5.74. The lowest BCUT2D eigenvalue weighted by molar-refractivity contribution is 0.489. The molecule has 1 heterocycles. The van der Waals surface area contributed by atoms with Gasteiger partial charge in [0.05, 0.1) is 5.69 Å². The minimum absolute atomic E-state index is 0.551. The van der Waals surface area contributed by atoms with Crippen LogP contribution in [0.3, 0.4) is 0 Å². The Kier molecular flexibility index (Phi) is 2.88. The summed E-state index contributed by atoms with van der Waals surface area (Å²) in [5, 5.41) is 3.35. The van der Waals surface area contributed by atoms with E-state index in [0.29, 0.717) is 11.8 Å². The second-order valence-corrected chi connectivity index (χ2v) is 5.90. The van der Waals surface area contributed by atoms with Crippen molar-refractivity contribution in [1.29, 1.82) is 0 Å². The van der Waals surface area contributed by atoms with Crippen LogP contribution in [0.25, 0.3) is 0 Å². The van der Waals surface area contributed by atoms with Crippen molar-refractivity contribution in [2.75, 3.05) is 6.54 Å². The van der Waals surface area contributed by atoms with E-state index in [-0.39, 0.29) is 0 Å². The molecule has 3 atom stereocenters. The van der Waals surface area contributed by atoms with Gasteiger partial charge in [0.25, 0.3) is 0 Å². The number of nitrogens with one attached hydrogen (secondary N) is 1. The fraction of sp³-hybridized carbons (Fsp3) is 0.471. The average molecular weight is 268 g/mol. The Bertz CT molecular complexity index is 619. The minimum Gasteiger partial charge on any atom is -0.448 e. The quantitative estimate of drug-likeness (QED) is 0.925. The fourth-order valence-electron chi connectivity index (χ4n) is 3.85. The number of oxazole rings is 1. The van der Waals surface area contributed by atoms with Crippen LogP contribution < -0.4 is 5.32 Å². The lowest BCUT2D eigenvalue weighted by Crippen LogP contribution is -2.13. The monoisotopic (exact) mass is 268 g/mol. The summed E-state index contributed by atoms with van der Waals surface area (Å²) in [6, 6.07) is 8.89. The smallest absolute Gasteiger partial charge is 0.181 e. The zero-order valence-electron chi connectivity index (χ0n) is 11.8. The van der Waals surface area contributed by atoms with E-state index in [1.807, 2.05) is 0 Å². The number of rotatable bonds is 4. The van der Waals surface area contributed by atoms with E-state index in [4.69, 9.17) is 4.42 Å². The van der Waals surface area contributed by atoms with Gasteiger partial charge in [-0.25, -0.2) is 4.98 Å². The highest BCUT2D eigenvalue weighted by Gasteiger charge is 2.56. The lowest BCUT2D eigenvalue weighted by Gasteiger charge is -2.13. The van der Waals surface area contributed by atoms with Crippen LogP contribution >= 0.6 is 0 Å². The van der Waals surface area contributed by atoms with Gasteiger partial charge in [0.15, 0.2) is 6.39 Å². The Morgan fingerprint density at radius 2 is 2.20 bits per heavy atom. The molecule has 0 radical (unpaired) electrons. The number of aryl methyl sites for hydroxylation is 1. The van der Waals surface area contributed by atoms with Crippen molar-refractivity contribution in [3.63, 3.8) is 0 Å². The number of aromatic nitrogens is 1. The van der Waals surface area contributed by atoms with Crippen molar-refractivity contribution in [1.82, 2.24) is 10.3 Å². The van der Waals surface area contributed by atoms with Crippen LogP contribution in [0, 0.1) is 5.92 Å². The second-order valence-electron chi connectivity index (χ2n) is 5.90. The van der Waals surface area contributed by atoms with Crippen molar-refractivity contribution in [2.45, 2.75) is 38.1 Å². The summed E-state index contributed by atoms with van der Waals surface area (Å²) in [5.74, 6) is 3.10. The predicted molar refractivity (Wildman–Crippen MR) is 77.6 cm³/mol. The first-order valence-corrected chi connectivity index (χ1v) is 7.61. The van der Waals surface area contributed by atoms with Gasteiger partial charge in [0.1, 0.15) is 5.76 Å². The van der Waals surface area contributed by atoms with E-state index in [0.717, 1.165) is 30.5 Å². The predicted octanol–water partition coefficient (Wildman–Crippen LogP) is 3.23. The first-order valence-electron chi connectivity index (χ1n) is 7.61. The van der Waals surface area contributed by atoms with Crippen LogP contribution in [-0.2, 0) is 13.0 Å². The molecule has 1 fully saturated rings. The van der Waals surface area contributed by atoms with Crippen LogP contribution in [0.15, 0.2) is 35.1 Å². The van der Waals surface area contributed by atoms with Gasteiger partial charge in [-0.3, -0.25) is 0 Å². The molecular formula is C17H20N2O. The standard InChI is InChI=1S/C17H20N2O/c1-2-18-9-14-17(20-10-19-14)16-13-8-7-11-5-3-4-6-12(11)15(13)16/h3-6,10,13,15-16,18H,2,7-9H2,1H3. The lowest BCUT2D eigenvalue weighted by atomic mass is 9.92.